The SMILES string of the molecule is C=C(C(=O)OC)[C@H]1C[C@@]2(O)C(=C)[C@@H](OC(=O)/C(C)=C\C)CC[C@]2(C)C[C@H]1OC(C)=O. The molecular weight excluding hydrogens is 388 g/mol. The maximum absolute atomic E-state index is 12.3. The van der Waals surface area contributed by atoms with E-state index in [-0.39, 0.29) is 12.0 Å². The number of allylic oxidation sites excluding steroid dienone is 1. The smallest absolute Gasteiger partial charge is 0.333 e. The van der Waals surface area contributed by atoms with Crippen LogP contribution in [0.1, 0.15) is 53.4 Å². The van der Waals surface area contributed by atoms with Crippen LogP contribution < -0.4 is 0 Å². The maximum atomic E-state index is 12.3. The third-order valence-corrected chi connectivity index (χ3v) is 6.71. The number of rotatable bonds is 5. The van der Waals surface area contributed by atoms with Gasteiger partial charge in [-0.3, -0.25) is 4.79 Å². The van der Waals surface area contributed by atoms with Crippen LogP contribution in [0, 0.1) is 11.3 Å². The second-order valence-electron chi connectivity index (χ2n) is 8.53. The Labute approximate surface area is 177 Å². The number of hydrogen-bond acceptors (Lipinski definition) is 7. The number of esters is 3. The molecule has 2 aliphatic carbocycles. The number of aliphatic hydroxyl groups is 1. The van der Waals surface area contributed by atoms with Gasteiger partial charge in [0.05, 0.1) is 12.7 Å². The first-order valence-corrected chi connectivity index (χ1v) is 10.1. The Hall–Kier alpha value is -2.41. The average molecular weight is 421 g/mol. The average Bonchev–Trinajstić information content (AvgIpc) is 2.69. The Morgan fingerprint density at radius 2 is 1.80 bits per heavy atom. The molecule has 0 aromatic carbocycles. The van der Waals surface area contributed by atoms with Gasteiger partial charge in [0, 0.05) is 29.4 Å². The summed E-state index contributed by atoms with van der Waals surface area (Å²) in [7, 11) is 1.24. The summed E-state index contributed by atoms with van der Waals surface area (Å²) in [6.07, 6.45) is 1.79. The summed E-state index contributed by atoms with van der Waals surface area (Å²) in [5, 5.41) is 11.8. The number of methoxy groups -OCH3 is 1. The third kappa shape index (κ3) is 4.21. The Morgan fingerprint density at radius 3 is 2.33 bits per heavy atom. The zero-order valence-corrected chi connectivity index (χ0v) is 18.4. The molecule has 30 heavy (non-hydrogen) atoms. The molecule has 166 valence electrons. The zero-order chi connectivity index (χ0) is 22.9. The molecule has 2 aliphatic rings. The second kappa shape index (κ2) is 8.76. The summed E-state index contributed by atoms with van der Waals surface area (Å²) in [5.74, 6) is -2.21. The van der Waals surface area contributed by atoms with E-state index in [0.717, 1.165) is 0 Å². The van der Waals surface area contributed by atoms with Gasteiger partial charge >= 0.3 is 17.9 Å². The van der Waals surface area contributed by atoms with E-state index < -0.39 is 47.0 Å². The van der Waals surface area contributed by atoms with Gasteiger partial charge in [-0.1, -0.05) is 26.2 Å². The predicted molar refractivity (Wildman–Crippen MR) is 110 cm³/mol. The minimum absolute atomic E-state index is 0.0604. The molecular formula is C23H32O7. The fourth-order valence-corrected chi connectivity index (χ4v) is 4.61. The Bertz CT molecular complexity index is 795. The van der Waals surface area contributed by atoms with Crippen molar-refractivity contribution in [3.8, 4) is 0 Å². The summed E-state index contributed by atoms with van der Waals surface area (Å²) >= 11 is 0. The number of ether oxygens (including phenoxy) is 3. The molecule has 0 bridgehead atoms. The maximum Gasteiger partial charge on any atom is 0.333 e. The van der Waals surface area contributed by atoms with Gasteiger partial charge in [0.2, 0.25) is 0 Å². The molecule has 0 radical (unpaired) electrons. The van der Waals surface area contributed by atoms with Crippen molar-refractivity contribution in [3.05, 3.63) is 36.0 Å². The molecule has 0 amide bonds. The molecule has 0 aromatic rings. The van der Waals surface area contributed by atoms with E-state index in [1.165, 1.54) is 14.0 Å². The highest BCUT2D eigenvalue weighted by molar-refractivity contribution is 5.89. The van der Waals surface area contributed by atoms with E-state index in [1.54, 1.807) is 19.9 Å². The highest BCUT2D eigenvalue weighted by atomic mass is 16.6. The lowest BCUT2D eigenvalue weighted by atomic mass is 9.52. The van der Waals surface area contributed by atoms with Gasteiger partial charge in [-0.2, -0.15) is 0 Å². The van der Waals surface area contributed by atoms with Crippen molar-refractivity contribution in [3.63, 3.8) is 0 Å². The Kier molecular flexibility index (Phi) is 6.97. The van der Waals surface area contributed by atoms with Gasteiger partial charge in [-0.05, 0) is 45.1 Å². The van der Waals surface area contributed by atoms with Crippen LogP contribution in [0.3, 0.4) is 0 Å². The van der Waals surface area contributed by atoms with Gasteiger partial charge < -0.3 is 19.3 Å². The van der Waals surface area contributed by atoms with Crippen molar-refractivity contribution in [2.24, 2.45) is 11.3 Å². The van der Waals surface area contributed by atoms with Gasteiger partial charge in [0.25, 0.3) is 0 Å². The van der Waals surface area contributed by atoms with Crippen LogP contribution >= 0.6 is 0 Å². The number of hydrogen-bond donors (Lipinski definition) is 1. The largest absolute Gasteiger partial charge is 0.466 e. The zero-order valence-electron chi connectivity index (χ0n) is 18.4. The number of carbonyl (C=O) groups excluding carboxylic acids is 3. The molecule has 0 saturated heterocycles. The summed E-state index contributed by atoms with van der Waals surface area (Å²) in [4.78, 5) is 36.1. The van der Waals surface area contributed by atoms with Crippen LogP contribution in [0.15, 0.2) is 36.0 Å². The quantitative estimate of drug-likeness (QED) is 0.316. The fourth-order valence-electron chi connectivity index (χ4n) is 4.61. The summed E-state index contributed by atoms with van der Waals surface area (Å²) in [6.45, 7) is 14.5. The van der Waals surface area contributed by atoms with Crippen LogP contribution in [0.2, 0.25) is 0 Å². The summed E-state index contributed by atoms with van der Waals surface area (Å²) in [5.41, 5.74) is -1.12. The Morgan fingerprint density at radius 1 is 1.17 bits per heavy atom. The van der Waals surface area contributed by atoms with E-state index in [9.17, 15) is 19.5 Å². The van der Waals surface area contributed by atoms with Crippen LogP contribution in [0.4, 0.5) is 0 Å². The van der Waals surface area contributed by atoms with Crippen LogP contribution in [0.25, 0.3) is 0 Å². The molecule has 2 fully saturated rings. The summed E-state index contributed by atoms with van der Waals surface area (Å²) in [6, 6.07) is 0. The van der Waals surface area contributed by atoms with Gasteiger partial charge in [0.15, 0.2) is 0 Å². The van der Waals surface area contributed by atoms with Crippen molar-refractivity contribution in [1.29, 1.82) is 0 Å². The highest BCUT2D eigenvalue weighted by Gasteiger charge is 2.61. The lowest BCUT2D eigenvalue weighted by Gasteiger charge is -2.57. The number of carbonyl (C=O) groups is 3. The fraction of sp³-hybridized carbons (Fsp3) is 0.609. The molecule has 0 aromatic heterocycles. The van der Waals surface area contributed by atoms with Crippen LogP contribution in [0.5, 0.6) is 0 Å². The topological polar surface area (TPSA) is 99.1 Å². The first kappa shape index (κ1) is 23.9. The van der Waals surface area contributed by atoms with Crippen LogP contribution in [-0.2, 0) is 28.6 Å². The van der Waals surface area contributed by atoms with Crippen molar-refractivity contribution in [2.75, 3.05) is 7.11 Å². The molecule has 7 heteroatoms. The molecule has 1 N–H and O–H groups in total. The van der Waals surface area contributed by atoms with E-state index in [2.05, 4.69) is 13.2 Å². The molecule has 7 nitrogen and oxygen atoms in total. The van der Waals surface area contributed by atoms with Crippen molar-refractivity contribution >= 4 is 17.9 Å². The van der Waals surface area contributed by atoms with Crippen molar-refractivity contribution in [2.45, 2.75) is 71.2 Å². The summed E-state index contributed by atoms with van der Waals surface area (Å²) < 4.78 is 15.9. The normalized spacial score (nSPS) is 33.9. The molecule has 2 saturated carbocycles. The molecule has 2 rings (SSSR count). The molecule has 0 unspecified atom stereocenters. The third-order valence-electron chi connectivity index (χ3n) is 6.71. The minimum Gasteiger partial charge on any atom is -0.466 e. The minimum atomic E-state index is -1.43. The van der Waals surface area contributed by atoms with E-state index in [1.807, 2.05) is 6.92 Å². The first-order chi connectivity index (χ1) is 13.9. The van der Waals surface area contributed by atoms with E-state index in [0.29, 0.717) is 30.4 Å². The van der Waals surface area contributed by atoms with Gasteiger partial charge in [-0.15, -0.1) is 0 Å². The van der Waals surface area contributed by atoms with Crippen molar-refractivity contribution < 1.29 is 33.7 Å². The monoisotopic (exact) mass is 420 g/mol. The van der Waals surface area contributed by atoms with Gasteiger partial charge in [-0.25, -0.2) is 9.59 Å². The second-order valence-corrected chi connectivity index (χ2v) is 8.53. The lowest BCUT2D eigenvalue weighted by molar-refractivity contribution is -0.183. The lowest BCUT2D eigenvalue weighted by Crippen LogP contribution is -2.61. The first-order valence-electron chi connectivity index (χ1n) is 10.1. The van der Waals surface area contributed by atoms with Crippen molar-refractivity contribution in [1.82, 2.24) is 0 Å². The highest BCUT2D eigenvalue weighted by Crippen LogP contribution is 2.58. The Balaban J connectivity index is 2.38. The van der Waals surface area contributed by atoms with E-state index >= 15 is 0 Å². The molecule has 0 heterocycles. The number of fused-ring (bicyclic) bond motifs is 1. The molecule has 0 aliphatic heterocycles. The van der Waals surface area contributed by atoms with E-state index in [4.69, 9.17) is 14.2 Å². The predicted octanol–water partition coefficient (Wildman–Crippen LogP) is 3.02. The van der Waals surface area contributed by atoms with Crippen LogP contribution in [-0.4, -0.2) is 47.9 Å². The molecule has 5 atom stereocenters. The van der Waals surface area contributed by atoms with Gasteiger partial charge in [0.1, 0.15) is 12.2 Å². The molecule has 0 spiro atoms. The standard InChI is InChI=1S/C23H32O7/c1-8-13(2)20(25)30-18-9-10-22(6)12-19(29-16(5)24)17(14(3)21(26)28-7)11-23(22,27)15(18)4/h8,17-19,27H,3-4,9-12H2,1-2,5-7H3/b13-8-/t17-,18+,19-,22-,23-/m1/s1.